The molecule has 0 saturated carbocycles. The average Bonchev–Trinajstić information content (AvgIpc) is 3.37. The minimum absolute atomic E-state index is 0.0566. The Hall–Kier alpha value is -3.76. The van der Waals surface area contributed by atoms with Crippen LogP contribution in [0.25, 0.3) is 0 Å². The van der Waals surface area contributed by atoms with Crippen molar-refractivity contribution < 1.29 is 23.8 Å². The van der Waals surface area contributed by atoms with E-state index in [1.807, 2.05) is 64.6 Å². The van der Waals surface area contributed by atoms with Crippen molar-refractivity contribution in [2.75, 3.05) is 47.4 Å². The molecule has 0 N–H and O–H groups in total. The number of aliphatic imine (C=N–C) groups is 1. The summed E-state index contributed by atoms with van der Waals surface area (Å²) in [5.74, 6) is 0.791. The van der Waals surface area contributed by atoms with Crippen molar-refractivity contribution in [3.05, 3.63) is 82.0 Å². The lowest BCUT2D eigenvalue weighted by molar-refractivity contribution is -0.141. The Morgan fingerprint density at radius 1 is 1.02 bits per heavy atom. The summed E-state index contributed by atoms with van der Waals surface area (Å²) in [7, 11) is 5.25. The van der Waals surface area contributed by atoms with E-state index >= 15 is 0 Å². The van der Waals surface area contributed by atoms with Crippen LogP contribution in [0, 0.1) is 0 Å². The van der Waals surface area contributed by atoms with Gasteiger partial charge < -0.3 is 28.9 Å². The van der Waals surface area contributed by atoms with Crippen molar-refractivity contribution in [3.63, 3.8) is 0 Å². The first-order chi connectivity index (χ1) is 19.4. The Morgan fingerprint density at radius 2 is 1.77 bits per heavy atom. The second kappa shape index (κ2) is 12.2. The maximum atomic E-state index is 13.7. The van der Waals surface area contributed by atoms with Gasteiger partial charge in [0.2, 0.25) is 5.91 Å². The third-order valence-electron chi connectivity index (χ3n) is 7.36. The lowest BCUT2D eigenvalue weighted by atomic mass is 9.93. The van der Waals surface area contributed by atoms with Crippen molar-refractivity contribution in [1.29, 1.82) is 0 Å². The lowest BCUT2D eigenvalue weighted by Crippen LogP contribution is -2.47. The van der Waals surface area contributed by atoms with Gasteiger partial charge in [-0.05, 0) is 37.1 Å². The summed E-state index contributed by atoms with van der Waals surface area (Å²) in [6.07, 6.45) is 0.204. The fourth-order valence-corrected chi connectivity index (χ4v) is 6.06. The Kier molecular flexibility index (Phi) is 8.46. The number of amides is 1. The van der Waals surface area contributed by atoms with Crippen molar-refractivity contribution in [1.82, 2.24) is 14.7 Å². The van der Waals surface area contributed by atoms with E-state index in [-0.39, 0.29) is 18.9 Å². The van der Waals surface area contributed by atoms with E-state index in [0.29, 0.717) is 41.0 Å². The number of hydrogen-bond donors (Lipinski definition) is 0. The molecule has 0 aromatic heterocycles. The molecule has 3 heterocycles. The molecular formula is C30H34N4O5S. The molecule has 0 bridgehead atoms. The quantitative estimate of drug-likeness (QED) is 0.443. The number of rotatable bonds is 8. The topological polar surface area (TPSA) is 83.9 Å². The first-order valence-corrected chi connectivity index (χ1v) is 14.1. The van der Waals surface area contributed by atoms with E-state index in [9.17, 15) is 9.59 Å². The fraction of sp³-hybridized carbons (Fsp3) is 0.367. The molecule has 5 rings (SSSR count). The summed E-state index contributed by atoms with van der Waals surface area (Å²) in [6.45, 7) is 5.05. The van der Waals surface area contributed by atoms with E-state index in [1.165, 1.54) is 11.8 Å². The molecule has 3 aliphatic rings. The molecule has 10 heteroatoms. The number of benzene rings is 2. The van der Waals surface area contributed by atoms with Crippen LogP contribution < -0.4 is 9.47 Å². The number of carbonyl (C=O) groups excluding carboxylic acids is 2. The second-order valence-corrected chi connectivity index (χ2v) is 10.8. The Labute approximate surface area is 239 Å². The van der Waals surface area contributed by atoms with Crippen molar-refractivity contribution in [2.45, 2.75) is 26.0 Å². The molecule has 1 atom stereocenters. The van der Waals surface area contributed by atoms with Gasteiger partial charge in [-0.2, -0.15) is 0 Å². The SMILES string of the molecule is COc1ccc(C2C(C(=O)OCc3ccccc3)=C(C)N=C3SC=C(CC(=O)N4CCN(C)CC4)N32)c(OC)c1. The summed E-state index contributed by atoms with van der Waals surface area (Å²) in [5, 5.41) is 2.67. The zero-order valence-corrected chi connectivity index (χ0v) is 24.1. The van der Waals surface area contributed by atoms with Gasteiger partial charge in [-0.1, -0.05) is 42.1 Å². The number of likely N-dealkylation sites (N-methyl/N-ethyl adjacent to an activating group) is 1. The highest BCUT2D eigenvalue weighted by Gasteiger charge is 2.42. The first kappa shape index (κ1) is 27.8. The summed E-state index contributed by atoms with van der Waals surface area (Å²) in [6, 6.07) is 14.5. The molecule has 2 aromatic rings. The number of allylic oxidation sites excluding steroid dienone is 1. The predicted octanol–water partition coefficient (Wildman–Crippen LogP) is 4.19. The smallest absolute Gasteiger partial charge is 0.338 e. The predicted molar refractivity (Wildman–Crippen MR) is 155 cm³/mol. The number of thioether (sulfide) groups is 1. The zero-order chi connectivity index (χ0) is 28.2. The largest absolute Gasteiger partial charge is 0.497 e. The number of esters is 1. The van der Waals surface area contributed by atoms with Crippen LogP contribution in [-0.2, 0) is 20.9 Å². The van der Waals surface area contributed by atoms with E-state index in [1.54, 1.807) is 20.3 Å². The molecule has 1 unspecified atom stereocenters. The third-order valence-corrected chi connectivity index (χ3v) is 8.25. The van der Waals surface area contributed by atoms with Gasteiger partial charge in [0.05, 0.1) is 38.0 Å². The van der Waals surface area contributed by atoms with Crippen molar-refractivity contribution in [2.24, 2.45) is 4.99 Å². The third kappa shape index (κ3) is 5.73. The number of amidine groups is 1. The lowest BCUT2D eigenvalue weighted by Gasteiger charge is -2.38. The van der Waals surface area contributed by atoms with Crippen LogP contribution in [0.1, 0.15) is 30.5 Å². The van der Waals surface area contributed by atoms with Crippen LogP contribution in [0.3, 0.4) is 0 Å². The standard InChI is InChI=1S/C30H34N4O5S/c1-20-27(29(36)39-18-21-8-6-5-7-9-21)28(24-11-10-23(37-3)17-25(24)38-4)34-22(19-40-30(34)31-20)16-26(35)33-14-12-32(2)13-15-33/h5-11,17,19,28H,12-16,18H2,1-4H3. The maximum absolute atomic E-state index is 13.7. The molecule has 2 aromatic carbocycles. The highest BCUT2D eigenvalue weighted by Crippen LogP contribution is 2.47. The summed E-state index contributed by atoms with van der Waals surface area (Å²) >= 11 is 1.45. The molecule has 0 spiro atoms. The van der Waals surface area contributed by atoms with Gasteiger partial charge in [-0.25, -0.2) is 9.79 Å². The highest BCUT2D eigenvalue weighted by atomic mass is 32.2. The average molecular weight is 563 g/mol. The number of piperazine rings is 1. The van der Waals surface area contributed by atoms with E-state index in [2.05, 4.69) is 11.9 Å². The van der Waals surface area contributed by atoms with Gasteiger partial charge in [0.15, 0.2) is 5.17 Å². The van der Waals surface area contributed by atoms with Crippen molar-refractivity contribution >= 4 is 28.8 Å². The molecule has 1 amide bonds. The molecule has 1 fully saturated rings. The summed E-state index contributed by atoms with van der Waals surface area (Å²) in [4.78, 5) is 38.0. The number of ether oxygens (including phenoxy) is 3. The molecule has 3 aliphatic heterocycles. The molecule has 0 radical (unpaired) electrons. The number of fused-ring (bicyclic) bond motifs is 1. The van der Waals surface area contributed by atoms with Crippen LogP contribution in [0.4, 0.5) is 0 Å². The summed E-state index contributed by atoms with van der Waals surface area (Å²) < 4.78 is 17.0. The first-order valence-electron chi connectivity index (χ1n) is 13.2. The number of methoxy groups -OCH3 is 2. The maximum Gasteiger partial charge on any atom is 0.338 e. The van der Waals surface area contributed by atoms with Crippen LogP contribution >= 0.6 is 11.8 Å². The Balaban J connectivity index is 1.49. The Bertz CT molecular complexity index is 1370. The van der Waals surface area contributed by atoms with E-state index in [0.717, 1.165) is 29.9 Å². The molecule has 40 heavy (non-hydrogen) atoms. The van der Waals surface area contributed by atoms with Gasteiger partial charge in [0.1, 0.15) is 18.1 Å². The summed E-state index contributed by atoms with van der Waals surface area (Å²) in [5.41, 5.74) is 3.41. The molecule has 1 saturated heterocycles. The van der Waals surface area contributed by atoms with Crippen LogP contribution in [0.5, 0.6) is 11.5 Å². The minimum Gasteiger partial charge on any atom is -0.497 e. The molecule has 0 aliphatic carbocycles. The molecular weight excluding hydrogens is 528 g/mol. The van der Waals surface area contributed by atoms with E-state index < -0.39 is 12.0 Å². The van der Waals surface area contributed by atoms with Crippen molar-refractivity contribution in [3.8, 4) is 11.5 Å². The van der Waals surface area contributed by atoms with E-state index in [4.69, 9.17) is 19.2 Å². The number of nitrogens with zero attached hydrogens (tertiary/aromatic N) is 4. The zero-order valence-electron chi connectivity index (χ0n) is 23.3. The molecule has 210 valence electrons. The van der Waals surface area contributed by atoms with Gasteiger partial charge >= 0.3 is 5.97 Å². The van der Waals surface area contributed by atoms with Crippen LogP contribution in [0.15, 0.2) is 75.9 Å². The van der Waals surface area contributed by atoms with Crippen LogP contribution in [-0.4, -0.2) is 79.2 Å². The number of carbonyl (C=O) groups is 2. The van der Waals surface area contributed by atoms with Gasteiger partial charge in [-0.15, -0.1) is 0 Å². The monoisotopic (exact) mass is 562 g/mol. The normalized spacial score (nSPS) is 19.1. The van der Waals surface area contributed by atoms with Gasteiger partial charge in [0, 0.05) is 43.5 Å². The second-order valence-electron chi connectivity index (χ2n) is 9.92. The highest BCUT2D eigenvalue weighted by molar-refractivity contribution is 8.16. The van der Waals surface area contributed by atoms with Gasteiger partial charge in [0.25, 0.3) is 0 Å². The molecule has 9 nitrogen and oxygen atoms in total. The Morgan fingerprint density at radius 3 is 2.48 bits per heavy atom. The van der Waals surface area contributed by atoms with Crippen LogP contribution in [0.2, 0.25) is 0 Å². The van der Waals surface area contributed by atoms with Gasteiger partial charge in [-0.3, -0.25) is 4.79 Å². The fourth-order valence-electron chi connectivity index (χ4n) is 5.09. The minimum atomic E-state index is -0.599. The number of hydrogen-bond acceptors (Lipinski definition) is 9.